The summed E-state index contributed by atoms with van der Waals surface area (Å²) in [4.78, 5) is 0. The molecule has 94 valence electrons. The second kappa shape index (κ2) is 6.03. The molecule has 0 spiro atoms. The van der Waals surface area contributed by atoms with Gasteiger partial charge >= 0.3 is 0 Å². The molecule has 0 aromatic heterocycles. The molecule has 0 saturated carbocycles. The zero-order valence-electron chi connectivity index (χ0n) is 10.6. The minimum absolute atomic E-state index is 0.376. The highest BCUT2D eigenvalue weighted by Crippen LogP contribution is 2.29. The summed E-state index contributed by atoms with van der Waals surface area (Å²) in [6.45, 7) is 1.77. The largest absolute Gasteiger partial charge is 0.497 e. The topological polar surface area (TPSA) is 30.5 Å². The van der Waals surface area contributed by atoms with Crippen molar-refractivity contribution in [3.05, 3.63) is 29.8 Å². The fourth-order valence-electron chi connectivity index (χ4n) is 2.51. The fraction of sp³-hybridized carbons (Fsp3) is 0.571. The van der Waals surface area contributed by atoms with E-state index in [1.807, 2.05) is 19.2 Å². The summed E-state index contributed by atoms with van der Waals surface area (Å²) >= 11 is 0. The second-order valence-electron chi connectivity index (χ2n) is 4.52. The summed E-state index contributed by atoms with van der Waals surface area (Å²) in [6.07, 6.45) is 2.40. The van der Waals surface area contributed by atoms with E-state index in [9.17, 15) is 0 Å². The Hall–Kier alpha value is -1.06. The summed E-state index contributed by atoms with van der Waals surface area (Å²) in [5, 5.41) is 3.40. The molecule has 1 fully saturated rings. The van der Waals surface area contributed by atoms with Gasteiger partial charge in [0.05, 0.1) is 13.7 Å². The summed E-state index contributed by atoms with van der Waals surface area (Å²) < 4.78 is 10.7. The Morgan fingerprint density at radius 1 is 1.35 bits per heavy atom. The van der Waals surface area contributed by atoms with Crippen LogP contribution < -0.4 is 10.1 Å². The molecule has 1 aromatic carbocycles. The molecule has 0 amide bonds. The highest BCUT2D eigenvalue weighted by Gasteiger charge is 2.24. The molecule has 0 radical (unpaired) electrons. The third kappa shape index (κ3) is 2.99. The summed E-state index contributed by atoms with van der Waals surface area (Å²) in [5.41, 5.74) is 1.31. The molecule has 1 aromatic rings. The van der Waals surface area contributed by atoms with Gasteiger partial charge in [-0.2, -0.15) is 0 Å². The van der Waals surface area contributed by atoms with Crippen LogP contribution >= 0.6 is 0 Å². The maximum Gasteiger partial charge on any atom is 0.118 e. The van der Waals surface area contributed by atoms with Crippen molar-refractivity contribution in [2.75, 3.05) is 27.4 Å². The molecule has 1 aliphatic rings. The first-order valence-electron chi connectivity index (χ1n) is 6.24. The first-order chi connectivity index (χ1) is 8.35. The molecule has 2 unspecified atom stereocenters. The van der Waals surface area contributed by atoms with Crippen LogP contribution in [0.5, 0.6) is 5.75 Å². The van der Waals surface area contributed by atoms with Crippen molar-refractivity contribution in [2.45, 2.75) is 18.9 Å². The van der Waals surface area contributed by atoms with Gasteiger partial charge in [0.2, 0.25) is 0 Å². The molecule has 1 N–H and O–H groups in total. The average Bonchev–Trinajstić information content (AvgIpc) is 2.42. The Balaban J connectivity index is 2.10. The van der Waals surface area contributed by atoms with E-state index in [-0.39, 0.29) is 0 Å². The quantitative estimate of drug-likeness (QED) is 0.869. The SMILES string of the molecule is CNC(c1ccc(OC)cc1)C1CCCOC1. The highest BCUT2D eigenvalue weighted by atomic mass is 16.5. The van der Waals surface area contributed by atoms with Crippen LogP contribution in [0.1, 0.15) is 24.4 Å². The lowest BCUT2D eigenvalue weighted by Crippen LogP contribution is -2.31. The van der Waals surface area contributed by atoms with E-state index in [1.54, 1.807) is 7.11 Å². The summed E-state index contributed by atoms with van der Waals surface area (Å²) in [6, 6.07) is 8.68. The maximum atomic E-state index is 5.57. The minimum Gasteiger partial charge on any atom is -0.497 e. The van der Waals surface area contributed by atoms with E-state index in [2.05, 4.69) is 17.4 Å². The van der Waals surface area contributed by atoms with Gasteiger partial charge in [-0.15, -0.1) is 0 Å². The van der Waals surface area contributed by atoms with Crippen molar-refractivity contribution < 1.29 is 9.47 Å². The fourth-order valence-corrected chi connectivity index (χ4v) is 2.51. The Kier molecular flexibility index (Phi) is 4.40. The van der Waals surface area contributed by atoms with Crippen LogP contribution in [0.4, 0.5) is 0 Å². The molecule has 1 saturated heterocycles. The number of hydrogen-bond acceptors (Lipinski definition) is 3. The molecule has 1 aliphatic heterocycles. The van der Waals surface area contributed by atoms with E-state index in [4.69, 9.17) is 9.47 Å². The van der Waals surface area contributed by atoms with Crippen molar-refractivity contribution in [3.8, 4) is 5.75 Å². The Bertz CT molecular complexity index is 331. The van der Waals surface area contributed by atoms with Gasteiger partial charge in [-0.1, -0.05) is 12.1 Å². The molecule has 1 heterocycles. The van der Waals surface area contributed by atoms with Crippen LogP contribution in [0.15, 0.2) is 24.3 Å². The van der Waals surface area contributed by atoms with Crippen LogP contribution in [0.25, 0.3) is 0 Å². The van der Waals surface area contributed by atoms with Gasteiger partial charge in [0, 0.05) is 18.6 Å². The molecule has 2 atom stereocenters. The molecule has 3 heteroatoms. The smallest absolute Gasteiger partial charge is 0.118 e. The number of ether oxygens (including phenoxy) is 2. The lowest BCUT2D eigenvalue weighted by atomic mass is 9.89. The van der Waals surface area contributed by atoms with Gasteiger partial charge in [0.25, 0.3) is 0 Å². The molecular formula is C14H21NO2. The van der Waals surface area contributed by atoms with Gasteiger partial charge < -0.3 is 14.8 Å². The lowest BCUT2D eigenvalue weighted by Gasteiger charge is -2.30. The van der Waals surface area contributed by atoms with E-state index in [1.165, 1.54) is 18.4 Å². The van der Waals surface area contributed by atoms with Crippen LogP contribution in [-0.2, 0) is 4.74 Å². The van der Waals surface area contributed by atoms with E-state index < -0.39 is 0 Å². The first-order valence-corrected chi connectivity index (χ1v) is 6.24. The van der Waals surface area contributed by atoms with Crippen molar-refractivity contribution in [1.82, 2.24) is 5.32 Å². The Morgan fingerprint density at radius 2 is 2.12 bits per heavy atom. The van der Waals surface area contributed by atoms with E-state index in [0.29, 0.717) is 12.0 Å². The van der Waals surface area contributed by atoms with Crippen LogP contribution in [0, 0.1) is 5.92 Å². The molecule has 17 heavy (non-hydrogen) atoms. The molecule has 0 aliphatic carbocycles. The van der Waals surface area contributed by atoms with Gasteiger partial charge in [0.1, 0.15) is 5.75 Å². The predicted molar refractivity (Wildman–Crippen MR) is 68.3 cm³/mol. The highest BCUT2D eigenvalue weighted by molar-refractivity contribution is 5.29. The monoisotopic (exact) mass is 235 g/mol. The molecular weight excluding hydrogens is 214 g/mol. The van der Waals surface area contributed by atoms with Gasteiger partial charge in [-0.05, 0) is 37.6 Å². The standard InChI is InChI=1S/C14H21NO2/c1-15-14(12-4-3-9-17-10-12)11-5-7-13(16-2)8-6-11/h5-8,12,14-15H,3-4,9-10H2,1-2H3. The number of methoxy groups -OCH3 is 1. The molecule has 2 rings (SSSR count). The second-order valence-corrected chi connectivity index (χ2v) is 4.52. The summed E-state index contributed by atoms with van der Waals surface area (Å²) in [7, 11) is 3.71. The number of nitrogens with one attached hydrogen (secondary N) is 1. The maximum absolute atomic E-state index is 5.57. The van der Waals surface area contributed by atoms with E-state index >= 15 is 0 Å². The third-order valence-electron chi connectivity index (χ3n) is 3.45. The number of benzene rings is 1. The minimum atomic E-state index is 0.376. The van der Waals surface area contributed by atoms with Gasteiger partial charge in [0.15, 0.2) is 0 Å². The average molecular weight is 235 g/mol. The van der Waals surface area contributed by atoms with Crippen LogP contribution in [0.2, 0.25) is 0 Å². The number of rotatable bonds is 4. The molecule has 0 bridgehead atoms. The zero-order chi connectivity index (χ0) is 12.1. The van der Waals surface area contributed by atoms with Gasteiger partial charge in [-0.25, -0.2) is 0 Å². The summed E-state index contributed by atoms with van der Waals surface area (Å²) in [5.74, 6) is 1.48. The lowest BCUT2D eigenvalue weighted by molar-refractivity contribution is 0.0402. The van der Waals surface area contributed by atoms with Crippen LogP contribution in [0.3, 0.4) is 0 Å². The van der Waals surface area contributed by atoms with E-state index in [0.717, 1.165) is 19.0 Å². The van der Waals surface area contributed by atoms with Crippen molar-refractivity contribution in [3.63, 3.8) is 0 Å². The zero-order valence-corrected chi connectivity index (χ0v) is 10.6. The predicted octanol–water partition coefficient (Wildman–Crippen LogP) is 2.38. The number of hydrogen-bond donors (Lipinski definition) is 1. The van der Waals surface area contributed by atoms with Crippen molar-refractivity contribution >= 4 is 0 Å². The van der Waals surface area contributed by atoms with Gasteiger partial charge in [-0.3, -0.25) is 0 Å². The normalized spacial score (nSPS) is 22.1. The Labute approximate surface area is 103 Å². The first kappa shape index (κ1) is 12.4. The van der Waals surface area contributed by atoms with Crippen LogP contribution in [-0.4, -0.2) is 27.4 Å². The third-order valence-corrected chi connectivity index (χ3v) is 3.45. The van der Waals surface area contributed by atoms with Crippen molar-refractivity contribution in [1.29, 1.82) is 0 Å². The molecule has 3 nitrogen and oxygen atoms in total. The Morgan fingerprint density at radius 3 is 2.65 bits per heavy atom. The van der Waals surface area contributed by atoms with Crippen molar-refractivity contribution in [2.24, 2.45) is 5.92 Å².